The van der Waals surface area contributed by atoms with Crippen LogP contribution in [-0.4, -0.2) is 15.0 Å². The molecule has 0 radical (unpaired) electrons. The fraction of sp³-hybridized carbons (Fsp3) is 0. The van der Waals surface area contributed by atoms with Crippen LogP contribution in [0.2, 0.25) is 0 Å². The van der Waals surface area contributed by atoms with Gasteiger partial charge in [0.05, 0.1) is 21.2 Å². The molecule has 0 atom stereocenters. The van der Waals surface area contributed by atoms with Gasteiger partial charge in [0.25, 0.3) is 5.69 Å². The molecule has 0 saturated heterocycles. The number of hydrogen-bond donors (Lipinski definition) is 2. The van der Waals surface area contributed by atoms with E-state index in [4.69, 9.17) is 0 Å². The smallest absolute Gasteiger partial charge is 0.270 e. The number of H-pyrrole nitrogens is 1. The van der Waals surface area contributed by atoms with Crippen molar-refractivity contribution in [2.24, 2.45) is 9.98 Å². The number of para-hydroxylation sites is 2. The van der Waals surface area contributed by atoms with Gasteiger partial charge in [-0.05, 0) is 18.2 Å². The summed E-state index contributed by atoms with van der Waals surface area (Å²) in [7, 11) is 0. The molecule has 25 heavy (non-hydrogen) atoms. The minimum Gasteiger partial charge on any atom is -0.494 e. The van der Waals surface area contributed by atoms with Crippen LogP contribution in [0.3, 0.4) is 0 Å². The lowest BCUT2D eigenvalue weighted by Crippen LogP contribution is -2.19. The highest BCUT2D eigenvalue weighted by molar-refractivity contribution is 6.00. The molecular formula is C17H9N5O3. The number of aromatic nitrogens is 1. The molecule has 0 amide bonds. The highest BCUT2D eigenvalue weighted by Gasteiger charge is 2.22. The van der Waals surface area contributed by atoms with Crippen LogP contribution in [0, 0.1) is 21.4 Å². The van der Waals surface area contributed by atoms with Crippen molar-refractivity contribution in [3.05, 3.63) is 74.7 Å². The number of nitrogens with one attached hydrogen (secondary N) is 1. The van der Waals surface area contributed by atoms with E-state index in [1.54, 1.807) is 24.3 Å². The maximum absolute atomic E-state index is 11.0. The summed E-state index contributed by atoms with van der Waals surface area (Å²) in [5.74, 6) is -0.104. The molecule has 8 heteroatoms. The zero-order valence-corrected chi connectivity index (χ0v) is 12.6. The van der Waals surface area contributed by atoms with Crippen LogP contribution in [0.4, 0.5) is 5.69 Å². The standard InChI is InChI=1S/C17H9N5O3/c18-8-11(16-19-13-3-1-2-4-14(13)20-16)15-10-7-9(22(24)25)5-6-12(10)21-17(15)23/h1-7,21,23H. The van der Waals surface area contributed by atoms with E-state index in [-0.39, 0.29) is 28.5 Å². The number of allylic oxidation sites excluding steroid dienone is 1. The van der Waals surface area contributed by atoms with Crippen molar-refractivity contribution in [1.82, 2.24) is 4.98 Å². The fourth-order valence-electron chi connectivity index (χ4n) is 2.77. The largest absolute Gasteiger partial charge is 0.494 e. The van der Waals surface area contributed by atoms with Crippen molar-refractivity contribution >= 4 is 22.2 Å². The molecule has 0 unspecified atom stereocenters. The van der Waals surface area contributed by atoms with Crippen molar-refractivity contribution in [3.8, 4) is 11.9 Å². The normalized spacial score (nSPS) is 12.2. The first-order chi connectivity index (χ1) is 12.1. The third-order valence-corrected chi connectivity index (χ3v) is 3.89. The van der Waals surface area contributed by atoms with E-state index in [0.29, 0.717) is 21.6 Å². The number of nitrogens with zero attached hydrogens (tertiary/aromatic N) is 4. The third kappa shape index (κ3) is 2.22. The molecule has 3 aromatic rings. The summed E-state index contributed by atoms with van der Waals surface area (Å²) < 4.78 is 0. The molecule has 0 saturated carbocycles. The van der Waals surface area contributed by atoms with E-state index < -0.39 is 4.92 Å². The first-order valence-electron chi connectivity index (χ1n) is 7.25. The third-order valence-electron chi connectivity index (χ3n) is 3.89. The lowest BCUT2D eigenvalue weighted by molar-refractivity contribution is -0.384. The molecule has 2 N–H and O–H groups in total. The Morgan fingerprint density at radius 1 is 1.20 bits per heavy atom. The van der Waals surface area contributed by atoms with Gasteiger partial charge >= 0.3 is 0 Å². The Labute approximate surface area is 139 Å². The van der Waals surface area contributed by atoms with Gasteiger partial charge < -0.3 is 10.1 Å². The highest BCUT2D eigenvalue weighted by atomic mass is 16.6. The number of aromatic hydroxyl groups is 1. The van der Waals surface area contributed by atoms with Crippen molar-refractivity contribution in [1.29, 1.82) is 5.26 Å². The molecule has 2 aromatic carbocycles. The van der Waals surface area contributed by atoms with Crippen LogP contribution in [-0.2, 0) is 0 Å². The summed E-state index contributed by atoms with van der Waals surface area (Å²) >= 11 is 0. The number of benzene rings is 2. The molecule has 2 heterocycles. The van der Waals surface area contributed by atoms with Crippen LogP contribution in [0.15, 0.2) is 58.3 Å². The van der Waals surface area contributed by atoms with E-state index in [1.807, 2.05) is 6.07 Å². The molecule has 8 nitrogen and oxygen atoms in total. The molecule has 120 valence electrons. The number of non-ortho nitro benzene ring substituents is 1. The van der Waals surface area contributed by atoms with Crippen molar-refractivity contribution in [3.63, 3.8) is 0 Å². The Balaban J connectivity index is 2.03. The van der Waals surface area contributed by atoms with Gasteiger partial charge in [-0.15, -0.1) is 0 Å². The molecule has 0 spiro atoms. The zero-order valence-electron chi connectivity index (χ0n) is 12.6. The Morgan fingerprint density at radius 2 is 1.88 bits per heavy atom. The fourth-order valence-corrected chi connectivity index (χ4v) is 2.77. The van der Waals surface area contributed by atoms with Crippen LogP contribution >= 0.6 is 0 Å². The molecule has 4 rings (SSSR count). The summed E-state index contributed by atoms with van der Waals surface area (Å²) in [4.78, 5) is 21.8. The Bertz CT molecular complexity index is 1210. The first kappa shape index (κ1) is 14.6. The second kappa shape index (κ2) is 5.28. The zero-order chi connectivity index (χ0) is 17.6. The number of nitro benzene ring substituents is 1. The van der Waals surface area contributed by atoms with E-state index in [9.17, 15) is 20.5 Å². The minimum absolute atomic E-state index is 0.0421. The number of hydrogen-bond acceptors (Lipinski definition) is 6. The van der Waals surface area contributed by atoms with Gasteiger partial charge in [0.15, 0.2) is 11.7 Å². The number of nitro groups is 1. The summed E-state index contributed by atoms with van der Waals surface area (Å²) in [6.45, 7) is 0. The Hall–Kier alpha value is -3.99. The molecule has 0 bridgehead atoms. The maximum atomic E-state index is 11.0. The number of aromatic amines is 1. The molecule has 0 aliphatic carbocycles. The van der Waals surface area contributed by atoms with Gasteiger partial charge in [0.1, 0.15) is 11.6 Å². The Kier molecular flexibility index (Phi) is 3.08. The number of nitriles is 1. The second-order valence-corrected chi connectivity index (χ2v) is 5.36. The Morgan fingerprint density at radius 3 is 2.48 bits per heavy atom. The van der Waals surface area contributed by atoms with Crippen LogP contribution < -0.4 is 10.7 Å². The van der Waals surface area contributed by atoms with Gasteiger partial charge in [-0.3, -0.25) is 10.1 Å². The molecule has 1 aliphatic rings. The van der Waals surface area contributed by atoms with E-state index in [0.717, 1.165) is 0 Å². The van der Waals surface area contributed by atoms with Crippen molar-refractivity contribution in [2.75, 3.05) is 0 Å². The summed E-state index contributed by atoms with van der Waals surface area (Å²) in [5, 5.41) is 32.5. The molecule has 1 aromatic heterocycles. The summed E-state index contributed by atoms with van der Waals surface area (Å²) in [5.41, 5.74) is 0.526. The quantitative estimate of drug-likeness (QED) is 0.422. The van der Waals surface area contributed by atoms with E-state index >= 15 is 0 Å². The molecule has 0 fully saturated rings. The average Bonchev–Trinajstić information content (AvgIpc) is 3.16. The van der Waals surface area contributed by atoms with Crippen molar-refractivity contribution < 1.29 is 10.0 Å². The SMILES string of the molecule is N#CC(=C1N=c2ccccc2=N1)c1c(O)[nH]c2ccc([N+](=O)[O-])cc12. The lowest BCUT2D eigenvalue weighted by Gasteiger charge is -2.00. The topological polar surface area (TPSA) is 128 Å². The van der Waals surface area contributed by atoms with E-state index in [1.165, 1.54) is 18.2 Å². The highest BCUT2D eigenvalue weighted by Crippen LogP contribution is 2.36. The first-order valence-corrected chi connectivity index (χ1v) is 7.25. The summed E-state index contributed by atoms with van der Waals surface area (Å²) in [6, 6.07) is 13.3. The molecule has 1 aliphatic heterocycles. The number of fused-ring (bicyclic) bond motifs is 2. The van der Waals surface area contributed by atoms with Crippen LogP contribution in [0.5, 0.6) is 5.88 Å². The van der Waals surface area contributed by atoms with Crippen LogP contribution in [0.25, 0.3) is 16.5 Å². The minimum atomic E-state index is -0.535. The van der Waals surface area contributed by atoms with E-state index in [2.05, 4.69) is 15.0 Å². The molecular weight excluding hydrogens is 322 g/mol. The van der Waals surface area contributed by atoms with Gasteiger partial charge in [-0.1, -0.05) is 12.1 Å². The number of rotatable bonds is 2. The van der Waals surface area contributed by atoms with Crippen LogP contribution in [0.1, 0.15) is 5.56 Å². The predicted molar refractivity (Wildman–Crippen MR) is 87.9 cm³/mol. The van der Waals surface area contributed by atoms with Gasteiger partial charge in [-0.25, -0.2) is 9.98 Å². The second-order valence-electron chi connectivity index (χ2n) is 5.36. The predicted octanol–water partition coefficient (Wildman–Crippen LogP) is 1.93. The monoisotopic (exact) mass is 331 g/mol. The average molecular weight is 331 g/mol. The van der Waals surface area contributed by atoms with Gasteiger partial charge in [0.2, 0.25) is 0 Å². The van der Waals surface area contributed by atoms with Gasteiger partial charge in [-0.2, -0.15) is 5.26 Å². The van der Waals surface area contributed by atoms with Crippen molar-refractivity contribution in [2.45, 2.75) is 0 Å². The maximum Gasteiger partial charge on any atom is 0.270 e. The lowest BCUT2D eigenvalue weighted by atomic mass is 10.0. The summed E-state index contributed by atoms with van der Waals surface area (Å²) in [6.07, 6.45) is 0. The van der Waals surface area contributed by atoms with Gasteiger partial charge in [0, 0.05) is 23.0 Å².